The van der Waals surface area contributed by atoms with Gasteiger partial charge in [0.1, 0.15) is 0 Å². The second-order valence-corrected chi connectivity index (χ2v) is 7.10. The molecule has 1 aliphatic rings. The number of likely N-dealkylation sites (tertiary alicyclic amines) is 1. The molecule has 24 heavy (non-hydrogen) atoms. The molecule has 0 unspecified atom stereocenters. The van der Waals surface area contributed by atoms with Crippen molar-refractivity contribution < 1.29 is 9.32 Å². The highest BCUT2D eigenvalue weighted by atomic mass is 35.5. The summed E-state index contributed by atoms with van der Waals surface area (Å²) in [6.45, 7) is 5.62. The SMILES string of the molecule is CC(C)Cc1noc(C2CCN(C(=O)c3ccccc3Cl)CC2)n1. The minimum absolute atomic E-state index is 0.00919. The lowest BCUT2D eigenvalue weighted by atomic mass is 9.96. The van der Waals surface area contributed by atoms with Crippen LogP contribution in [0.2, 0.25) is 5.02 Å². The smallest absolute Gasteiger partial charge is 0.255 e. The Morgan fingerprint density at radius 3 is 2.71 bits per heavy atom. The van der Waals surface area contributed by atoms with Crippen molar-refractivity contribution in [3.05, 3.63) is 46.6 Å². The molecule has 0 radical (unpaired) electrons. The number of piperidine rings is 1. The molecule has 0 saturated carbocycles. The zero-order valence-electron chi connectivity index (χ0n) is 14.0. The zero-order valence-corrected chi connectivity index (χ0v) is 14.8. The van der Waals surface area contributed by atoms with Gasteiger partial charge in [0, 0.05) is 25.4 Å². The van der Waals surface area contributed by atoms with Crippen LogP contribution in [0.1, 0.15) is 54.7 Å². The minimum Gasteiger partial charge on any atom is -0.339 e. The zero-order chi connectivity index (χ0) is 17.1. The molecule has 2 aromatic rings. The highest BCUT2D eigenvalue weighted by Crippen LogP contribution is 2.28. The van der Waals surface area contributed by atoms with E-state index in [0.717, 1.165) is 25.1 Å². The molecule has 5 nitrogen and oxygen atoms in total. The van der Waals surface area contributed by atoms with Crippen molar-refractivity contribution >= 4 is 17.5 Å². The van der Waals surface area contributed by atoms with Crippen LogP contribution in [0, 0.1) is 5.92 Å². The highest BCUT2D eigenvalue weighted by Gasteiger charge is 2.28. The Hall–Kier alpha value is -1.88. The average Bonchev–Trinajstić information content (AvgIpc) is 3.02. The molecule has 1 aromatic carbocycles. The standard InChI is InChI=1S/C18H22ClN3O2/c1-12(2)11-16-20-17(24-21-16)13-7-9-22(10-8-13)18(23)14-5-3-4-6-15(14)19/h3-6,12-13H,7-11H2,1-2H3. The first-order valence-electron chi connectivity index (χ1n) is 8.41. The molecule has 0 atom stereocenters. The van der Waals surface area contributed by atoms with Gasteiger partial charge in [0.25, 0.3) is 5.91 Å². The van der Waals surface area contributed by atoms with Crippen LogP contribution in [0.15, 0.2) is 28.8 Å². The third kappa shape index (κ3) is 3.78. The maximum absolute atomic E-state index is 12.6. The Labute approximate surface area is 147 Å². The molecular formula is C18H22ClN3O2. The summed E-state index contributed by atoms with van der Waals surface area (Å²) in [5.41, 5.74) is 0.564. The Balaban J connectivity index is 1.60. The van der Waals surface area contributed by atoms with Gasteiger partial charge in [-0.1, -0.05) is 42.7 Å². The van der Waals surface area contributed by atoms with Crippen LogP contribution in [0.5, 0.6) is 0 Å². The van der Waals surface area contributed by atoms with Crippen LogP contribution < -0.4 is 0 Å². The van der Waals surface area contributed by atoms with Crippen LogP contribution in [-0.2, 0) is 6.42 Å². The Kier molecular flexibility index (Phi) is 5.19. The van der Waals surface area contributed by atoms with Crippen molar-refractivity contribution in [2.24, 2.45) is 5.92 Å². The number of aromatic nitrogens is 2. The topological polar surface area (TPSA) is 59.2 Å². The van der Waals surface area contributed by atoms with Gasteiger partial charge in [0.2, 0.25) is 5.89 Å². The van der Waals surface area contributed by atoms with E-state index in [1.54, 1.807) is 12.1 Å². The van der Waals surface area contributed by atoms with Gasteiger partial charge in [-0.05, 0) is 30.9 Å². The fourth-order valence-electron chi connectivity index (χ4n) is 3.02. The molecule has 0 aliphatic carbocycles. The monoisotopic (exact) mass is 347 g/mol. The summed E-state index contributed by atoms with van der Waals surface area (Å²) in [7, 11) is 0. The first-order valence-corrected chi connectivity index (χ1v) is 8.78. The van der Waals surface area contributed by atoms with Gasteiger partial charge in [0.15, 0.2) is 5.82 Å². The minimum atomic E-state index is -0.00919. The van der Waals surface area contributed by atoms with Crippen LogP contribution >= 0.6 is 11.6 Å². The predicted molar refractivity (Wildman–Crippen MR) is 92.2 cm³/mol. The average molecular weight is 348 g/mol. The molecule has 0 bridgehead atoms. The predicted octanol–water partition coefficient (Wildman–Crippen LogP) is 3.94. The van der Waals surface area contributed by atoms with Crippen LogP contribution in [0.25, 0.3) is 0 Å². The molecular weight excluding hydrogens is 326 g/mol. The van der Waals surface area contributed by atoms with Crippen LogP contribution in [0.4, 0.5) is 0 Å². The lowest BCUT2D eigenvalue weighted by Crippen LogP contribution is -2.38. The normalized spacial score (nSPS) is 15.9. The number of hydrogen-bond acceptors (Lipinski definition) is 4. The molecule has 1 aliphatic heterocycles. The molecule has 1 saturated heterocycles. The van der Waals surface area contributed by atoms with E-state index in [4.69, 9.17) is 16.1 Å². The molecule has 3 rings (SSSR count). The molecule has 2 heterocycles. The fourth-order valence-corrected chi connectivity index (χ4v) is 3.23. The van der Waals surface area contributed by atoms with E-state index in [2.05, 4.69) is 24.0 Å². The number of benzene rings is 1. The summed E-state index contributed by atoms with van der Waals surface area (Å²) in [6.07, 6.45) is 2.49. The number of carbonyl (C=O) groups excluding carboxylic acids is 1. The number of rotatable bonds is 4. The maximum Gasteiger partial charge on any atom is 0.255 e. The van der Waals surface area contributed by atoms with E-state index in [0.29, 0.717) is 35.5 Å². The number of amides is 1. The summed E-state index contributed by atoms with van der Waals surface area (Å²) >= 11 is 6.13. The van der Waals surface area contributed by atoms with Gasteiger partial charge in [-0.25, -0.2) is 0 Å². The van der Waals surface area contributed by atoms with Gasteiger partial charge < -0.3 is 9.42 Å². The molecule has 1 amide bonds. The number of carbonyl (C=O) groups is 1. The van der Waals surface area contributed by atoms with Gasteiger partial charge in [-0.3, -0.25) is 4.79 Å². The van der Waals surface area contributed by atoms with Gasteiger partial charge in [-0.15, -0.1) is 0 Å². The summed E-state index contributed by atoms with van der Waals surface area (Å²) in [4.78, 5) is 18.9. The maximum atomic E-state index is 12.6. The van der Waals surface area contributed by atoms with Gasteiger partial charge >= 0.3 is 0 Å². The largest absolute Gasteiger partial charge is 0.339 e. The Morgan fingerprint density at radius 1 is 1.33 bits per heavy atom. The summed E-state index contributed by atoms with van der Waals surface area (Å²) in [5.74, 6) is 2.20. The third-order valence-electron chi connectivity index (χ3n) is 4.31. The lowest BCUT2D eigenvalue weighted by molar-refractivity contribution is 0.0704. The van der Waals surface area contributed by atoms with E-state index in [1.807, 2.05) is 17.0 Å². The Morgan fingerprint density at radius 2 is 2.04 bits per heavy atom. The van der Waals surface area contributed by atoms with Crippen molar-refractivity contribution in [1.82, 2.24) is 15.0 Å². The summed E-state index contributed by atoms with van der Waals surface area (Å²) < 4.78 is 5.42. The second kappa shape index (κ2) is 7.34. The van der Waals surface area contributed by atoms with Crippen molar-refractivity contribution in [3.63, 3.8) is 0 Å². The molecule has 1 fully saturated rings. The highest BCUT2D eigenvalue weighted by molar-refractivity contribution is 6.33. The number of nitrogens with zero attached hydrogens (tertiary/aromatic N) is 3. The van der Waals surface area contributed by atoms with Crippen LogP contribution in [0.3, 0.4) is 0 Å². The van der Waals surface area contributed by atoms with Gasteiger partial charge in [0.05, 0.1) is 10.6 Å². The van der Waals surface area contributed by atoms with Crippen LogP contribution in [-0.4, -0.2) is 34.0 Å². The molecule has 128 valence electrons. The fraction of sp³-hybridized carbons (Fsp3) is 0.500. The van der Waals surface area contributed by atoms with Crippen molar-refractivity contribution in [2.45, 2.75) is 39.0 Å². The first-order chi connectivity index (χ1) is 11.5. The first kappa shape index (κ1) is 17.0. The number of halogens is 1. The van der Waals surface area contributed by atoms with Crippen molar-refractivity contribution in [2.75, 3.05) is 13.1 Å². The van der Waals surface area contributed by atoms with E-state index in [-0.39, 0.29) is 11.8 Å². The third-order valence-corrected chi connectivity index (χ3v) is 4.64. The quantitative estimate of drug-likeness (QED) is 0.840. The van der Waals surface area contributed by atoms with E-state index < -0.39 is 0 Å². The molecule has 6 heteroatoms. The van der Waals surface area contributed by atoms with E-state index in [9.17, 15) is 4.79 Å². The van der Waals surface area contributed by atoms with Crippen molar-refractivity contribution in [3.8, 4) is 0 Å². The van der Waals surface area contributed by atoms with E-state index >= 15 is 0 Å². The van der Waals surface area contributed by atoms with E-state index in [1.165, 1.54) is 0 Å². The molecule has 1 aromatic heterocycles. The summed E-state index contributed by atoms with van der Waals surface area (Å²) in [5, 5.41) is 4.56. The lowest BCUT2D eigenvalue weighted by Gasteiger charge is -2.30. The molecule has 0 spiro atoms. The summed E-state index contributed by atoms with van der Waals surface area (Å²) in [6, 6.07) is 7.18. The van der Waals surface area contributed by atoms with Crippen molar-refractivity contribution in [1.29, 1.82) is 0 Å². The van der Waals surface area contributed by atoms with Gasteiger partial charge in [-0.2, -0.15) is 4.98 Å². The Bertz CT molecular complexity index is 706. The molecule has 0 N–H and O–H groups in total. The number of hydrogen-bond donors (Lipinski definition) is 0. The second-order valence-electron chi connectivity index (χ2n) is 6.69.